The van der Waals surface area contributed by atoms with Crippen molar-refractivity contribution in [2.24, 2.45) is 11.8 Å². The predicted octanol–water partition coefficient (Wildman–Crippen LogP) is 1.96. The van der Waals surface area contributed by atoms with Gasteiger partial charge in [-0.1, -0.05) is 24.3 Å². The molecular weight excluding hydrogens is 343 g/mol. The molecule has 1 aromatic rings. The Kier molecular flexibility index (Phi) is 3.58. The normalized spacial score (nSPS) is 30.3. The first kappa shape index (κ1) is 16.1. The number of benzene rings is 1. The number of imide groups is 1. The minimum atomic E-state index is -4.76. The Labute approximate surface area is 139 Å². The number of carbonyl (C=O) groups excluding carboxylic acids is 2. The van der Waals surface area contributed by atoms with Gasteiger partial charge in [0.1, 0.15) is 12.4 Å². The van der Waals surface area contributed by atoms with Gasteiger partial charge in [-0.2, -0.15) is 5.06 Å². The van der Waals surface area contributed by atoms with E-state index >= 15 is 0 Å². The van der Waals surface area contributed by atoms with Crippen molar-refractivity contribution >= 4 is 11.8 Å². The number of nitrogens with zero attached hydrogens (tertiary/aromatic N) is 1. The number of ether oxygens (including phenoxy) is 2. The number of carbonyl (C=O) groups is 2. The van der Waals surface area contributed by atoms with E-state index in [1.54, 1.807) is 12.2 Å². The summed E-state index contributed by atoms with van der Waals surface area (Å²) in [5, 5.41) is 0.741. The Bertz CT molecular complexity index is 715. The van der Waals surface area contributed by atoms with Crippen molar-refractivity contribution < 1.29 is 37.1 Å². The molecule has 2 saturated heterocycles. The maximum absolute atomic E-state index is 12.3. The highest BCUT2D eigenvalue weighted by Crippen LogP contribution is 2.45. The van der Waals surface area contributed by atoms with Crippen molar-refractivity contribution in [3.63, 3.8) is 0 Å². The van der Waals surface area contributed by atoms with Crippen molar-refractivity contribution in [1.82, 2.24) is 5.06 Å². The quantitative estimate of drug-likeness (QED) is 0.610. The van der Waals surface area contributed by atoms with Crippen LogP contribution in [0.3, 0.4) is 0 Å². The van der Waals surface area contributed by atoms with Gasteiger partial charge >= 0.3 is 6.36 Å². The molecule has 4 atom stereocenters. The van der Waals surface area contributed by atoms with E-state index in [0.717, 1.165) is 17.2 Å². The van der Waals surface area contributed by atoms with Crippen LogP contribution in [-0.2, 0) is 25.8 Å². The highest BCUT2D eigenvalue weighted by atomic mass is 19.4. The van der Waals surface area contributed by atoms with Crippen LogP contribution >= 0.6 is 0 Å². The summed E-state index contributed by atoms with van der Waals surface area (Å²) >= 11 is 0. The highest BCUT2D eigenvalue weighted by Gasteiger charge is 2.61. The van der Waals surface area contributed by atoms with Gasteiger partial charge in [0.05, 0.1) is 24.0 Å². The van der Waals surface area contributed by atoms with Crippen molar-refractivity contribution in [3.8, 4) is 5.75 Å². The molecule has 6 nitrogen and oxygen atoms in total. The fraction of sp³-hybridized carbons (Fsp3) is 0.375. The molecule has 0 aromatic heterocycles. The Balaban J connectivity index is 1.39. The summed E-state index contributed by atoms with van der Waals surface area (Å²) in [5.74, 6) is -2.40. The SMILES string of the molecule is O=C1[C@@H]2[C@@H](C(=O)N1OCc1ccc(OC(F)(F)F)cc1)[C@@H]1C=C[C@@H]2O1. The Hall–Kier alpha value is -2.39. The zero-order chi connectivity index (χ0) is 17.8. The van der Waals surface area contributed by atoms with Crippen molar-refractivity contribution in [1.29, 1.82) is 0 Å². The fourth-order valence-corrected chi connectivity index (χ4v) is 3.33. The Morgan fingerprint density at radius 1 is 1.00 bits per heavy atom. The van der Waals surface area contributed by atoms with Gasteiger partial charge in [0, 0.05) is 0 Å². The minimum Gasteiger partial charge on any atom is -0.406 e. The third-order valence-electron chi connectivity index (χ3n) is 4.39. The zero-order valence-corrected chi connectivity index (χ0v) is 12.6. The zero-order valence-electron chi connectivity index (χ0n) is 12.6. The number of hydrogen-bond acceptors (Lipinski definition) is 5. The maximum Gasteiger partial charge on any atom is 0.573 e. The van der Waals surface area contributed by atoms with Gasteiger partial charge in [-0.25, -0.2) is 0 Å². The first-order valence-electron chi connectivity index (χ1n) is 7.53. The van der Waals surface area contributed by atoms with Crippen molar-refractivity contribution in [3.05, 3.63) is 42.0 Å². The molecule has 3 aliphatic heterocycles. The van der Waals surface area contributed by atoms with Gasteiger partial charge in [0.25, 0.3) is 11.8 Å². The van der Waals surface area contributed by atoms with Gasteiger partial charge in [-0.15, -0.1) is 13.2 Å². The van der Waals surface area contributed by atoms with E-state index < -0.39 is 42.2 Å². The summed E-state index contributed by atoms with van der Waals surface area (Å²) in [7, 11) is 0. The van der Waals surface area contributed by atoms with Crippen molar-refractivity contribution in [2.75, 3.05) is 0 Å². The summed E-state index contributed by atoms with van der Waals surface area (Å²) in [6.45, 7) is -0.132. The monoisotopic (exact) mass is 355 g/mol. The van der Waals surface area contributed by atoms with Crippen LogP contribution in [0.4, 0.5) is 13.2 Å². The van der Waals surface area contributed by atoms with Crippen LogP contribution < -0.4 is 4.74 Å². The molecule has 0 aliphatic carbocycles. The molecule has 1 aromatic carbocycles. The van der Waals surface area contributed by atoms with Gasteiger partial charge in [0.2, 0.25) is 0 Å². The molecule has 3 heterocycles. The van der Waals surface area contributed by atoms with Crippen LogP contribution in [0.15, 0.2) is 36.4 Å². The van der Waals surface area contributed by atoms with Crippen LogP contribution in [0.5, 0.6) is 5.75 Å². The van der Waals surface area contributed by atoms with E-state index in [1.807, 2.05) is 0 Å². The lowest BCUT2D eigenvalue weighted by atomic mass is 9.85. The van der Waals surface area contributed by atoms with Gasteiger partial charge in [-0.05, 0) is 17.7 Å². The molecule has 2 bridgehead atoms. The van der Waals surface area contributed by atoms with Crippen LogP contribution in [0.25, 0.3) is 0 Å². The van der Waals surface area contributed by atoms with E-state index in [0.29, 0.717) is 5.56 Å². The molecule has 0 radical (unpaired) electrons. The number of rotatable bonds is 4. The van der Waals surface area contributed by atoms with E-state index in [9.17, 15) is 22.8 Å². The third kappa shape index (κ3) is 2.79. The number of hydroxylamine groups is 2. The summed E-state index contributed by atoms with van der Waals surface area (Å²) in [5.41, 5.74) is 0.490. The average molecular weight is 355 g/mol. The lowest BCUT2D eigenvalue weighted by Gasteiger charge is -2.17. The molecule has 25 heavy (non-hydrogen) atoms. The maximum atomic E-state index is 12.3. The van der Waals surface area contributed by atoms with Crippen LogP contribution in [0.2, 0.25) is 0 Å². The van der Waals surface area contributed by atoms with E-state index in [1.165, 1.54) is 12.1 Å². The number of hydrogen-bond donors (Lipinski definition) is 0. The van der Waals surface area contributed by atoms with Crippen LogP contribution in [0.1, 0.15) is 5.56 Å². The molecule has 2 amide bonds. The van der Waals surface area contributed by atoms with Crippen molar-refractivity contribution in [2.45, 2.75) is 25.2 Å². The van der Waals surface area contributed by atoms with Gasteiger partial charge in [0.15, 0.2) is 0 Å². The standard InChI is InChI=1S/C16H12F3NO5/c17-16(18,19)25-9-3-1-8(2-4-9)7-23-20-14(21)12-10-5-6-11(24-10)13(12)15(20)22/h1-6,10-13H,7H2/t10-,11-,12-,13-/m0/s1. The first-order valence-corrected chi connectivity index (χ1v) is 7.53. The molecule has 0 spiro atoms. The summed E-state index contributed by atoms with van der Waals surface area (Å²) in [4.78, 5) is 30.0. The van der Waals surface area contributed by atoms with Gasteiger partial charge < -0.3 is 9.47 Å². The lowest BCUT2D eigenvalue weighted by Crippen LogP contribution is -2.34. The molecule has 3 aliphatic rings. The topological polar surface area (TPSA) is 65.1 Å². The Morgan fingerprint density at radius 2 is 1.56 bits per heavy atom. The second-order valence-electron chi connectivity index (χ2n) is 5.94. The summed E-state index contributed by atoms with van der Waals surface area (Å²) < 4.78 is 45.6. The number of halogens is 3. The molecule has 2 fully saturated rings. The Morgan fingerprint density at radius 3 is 2.08 bits per heavy atom. The molecule has 9 heteroatoms. The van der Waals surface area contributed by atoms with Gasteiger partial charge in [-0.3, -0.25) is 14.4 Å². The first-order chi connectivity index (χ1) is 11.8. The largest absolute Gasteiger partial charge is 0.573 e. The number of fused-ring (bicyclic) bond motifs is 5. The molecule has 0 N–H and O–H groups in total. The van der Waals surface area contributed by atoms with E-state index in [2.05, 4.69) is 4.74 Å². The van der Waals surface area contributed by atoms with E-state index in [-0.39, 0.29) is 12.4 Å². The van der Waals surface area contributed by atoms with E-state index in [4.69, 9.17) is 9.57 Å². The average Bonchev–Trinajstić information content (AvgIpc) is 3.21. The molecular formula is C16H12F3NO5. The van der Waals surface area contributed by atoms with Crippen LogP contribution in [-0.4, -0.2) is 35.4 Å². The number of amides is 2. The second kappa shape index (κ2) is 5.57. The second-order valence-corrected chi connectivity index (χ2v) is 5.94. The molecule has 4 rings (SSSR count). The molecule has 0 unspecified atom stereocenters. The highest BCUT2D eigenvalue weighted by molar-refractivity contribution is 6.05. The summed E-state index contributed by atoms with van der Waals surface area (Å²) in [6, 6.07) is 4.99. The molecule has 132 valence electrons. The van der Waals surface area contributed by atoms with Crippen LogP contribution in [0, 0.1) is 11.8 Å². The number of alkyl halides is 3. The smallest absolute Gasteiger partial charge is 0.406 e. The minimum absolute atomic E-state index is 0.132. The lowest BCUT2D eigenvalue weighted by molar-refractivity contribution is -0.274. The fourth-order valence-electron chi connectivity index (χ4n) is 3.33. The predicted molar refractivity (Wildman–Crippen MR) is 74.5 cm³/mol. The summed E-state index contributed by atoms with van der Waals surface area (Å²) in [6.07, 6.45) is -2.04. The molecule has 0 saturated carbocycles. The third-order valence-corrected chi connectivity index (χ3v) is 4.39.